The highest BCUT2D eigenvalue weighted by Gasteiger charge is 1.95. The van der Waals surface area contributed by atoms with Crippen LogP contribution in [0.5, 0.6) is 11.5 Å². The van der Waals surface area contributed by atoms with Gasteiger partial charge in [0.05, 0.1) is 13.2 Å². The Labute approximate surface area is 52.5 Å². The Morgan fingerprint density at radius 2 is 2.44 bits per heavy atom. The zero-order valence-corrected chi connectivity index (χ0v) is 4.96. The van der Waals surface area contributed by atoms with Crippen LogP contribution in [0, 0.1) is 0 Å². The molecule has 48 valence electrons. The molecule has 0 N–H and O–H groups in total. The molecule has 0 spiro atoms. The summed E-state index contributed by atoms with van der Waals surface area (Å²) in [5, 5.41) is 10.6. The van der Waals surface area contributed by atoms with Crippen molar-refractivity contribution in [3.05, 3.63) is 18.6 Å². The quantitative estimate of drug-likeness (QED) is 0.518. The van der Waals surface area contributed by atoms with Gasteiger partial charge in [-0.3, -0.25) is 0 Å². The van der Waals surface area contributed by atoms with E-state index in [1.807, 2.05) is 0 Å². The summed E-state index contributed by atoms with van der Waals surface area (Å²) >= 11 is 0. The van der Waals surface area contributed by atoms with Crippen molar-refractivity contribution < 1.29 is 14.3 Å². The van der Waals surface area contributed by atoms with Crippen LogP contribution in [-0.4, -0.2) is 7.11 Å². The van der Waals surface area contributed by atoms with Gasteiger partial charge in [-0.2, -0.15) is 0 Å². The van der Waals surface area contributed by atoms with Gasteiger partial charge in [-0.1, -0.05) is 0 Å². The second kappa shape index (κ2) is 2.35. The van der Waals surface area contributed by atoms with E-state index in [-0.39, 0.29) is 5.75 Å². The molecular formula is C6H6O3. The first kappa shape index (κ1) is 5.88. The molecule has 0 saturated carbocycles. The van der Waals surface area contributed by atoms with E-state index in [0.717, 1.165) is 6.26 Å². The van der Waals surface area contributed by atoms with Gasteiger partial charge in [0.2, 0.25) is 0 Å². The molecule has 0 saturated heterocycles. The lowest BCUT2D eigenvalue weighted by Gasteiger charge is -2.03. The number of hydrogen-bond acceptors (Lipinski definition) is 2. The fraction of sp³-hybridized carbons (Fsp3) is 0.167. The minimum Gasteiger partial charge on any atom is -0.864 e. The van der Waals surface area contributed by atoms with Gasteiger partial charge < -0.3 is 9.84 Å². The van der Waals surface area contributed by atoms with Crippen molar-refractivity contribution in [2.24, 2.45) is 0 Å². The fourth-order valence-electron chi connectivity index (χ4n) is 0.511. The van der Waals surface area contributed by atoms with Crippen molar-refractivity contribution in [2.75, 3.05) is 7.11 Å². The van der Waals surface area contributed by atoms with Gasteiger partial charge >= 0.3 is 12.5 Å². The maximum atomic E-state index is 10.6. The van der Waals surface area contributed by atoms with E-state index >= 15 is 0 Å². The zero-order valence-electron chi connectivity index (χ0n) is 4.96. The third-order valence-electron chi connectivity index (χ3n) is 0.936. The molecule has 9 heavy (non-hydrogen) atoms. The molecule has 0 unspecified atom stereocenters. The molecule has 1 heterocycles. The Hall–Kier alpha value is -1.25. The first-order valence-corrected chi connectivity index (χ1v) is 2.45. The lowest BCUT2D eigenvalue weighted by atomic mass is 10.4. The summed E-state index contributed by atoms with van der Waals surface area (Å²) in [6.07, 6.45) is 2.49. The van der Waals surface area contributed by atoms with E-state index < -0.39 is 0 Å². The first-order chi connectivity index (χ1) is 4.34. The molecule has 1 aromatic rings. The van der Waals surface area contributed by atoms with Crippen molar-refractivity contribution in [1.82, 2.24) is 0 Å². The van der Waals surface area contributed by atoms with Gasteiger partial charge in [-0.05, 0) is 0 Å². The van der Waals surface area contributed by atoms with Crippen molar-refractivity contribution >= 4 is 0 Å². The van der Waals surface area contributed by atoms with Crippen LogP contribution < -0.4 is 9.84 Å². The van der Waals surface area contributed by atoms with Gasteiger partial charge in [0, 0.05) is 5.75 Å². The van der Waals surface area contributed by atoms with Crippen LogP contribution in [0.25, 0.3) is 0 Å². The number of rotatable bonds is 1. The van der Waals surface area contributed by atoms with Crippen LogP contribution in [-0.2, 0) is 0 Å². The zero-order chi connectivity index (χ0) is 6.69. The number of methoxy groups -OCH3 is 1. The molecule has 0 fully saturated rings. The normalized spacial score (nSPS) is 9.00. The Bertz CT molecular complexity index is 197. The van der Waals surface area contributed by atoms with Crippen LogP contribution in [0.4, 0.5) is 0 Å². The molecule has 0 amide bonds. The third kappa shape index (κ3) is 1.10. The summed E-state index contributed by atoms with van der Waals surface area (Å²) in [6.45, 7) is 0. The average Bonchev–Trinajstić information content (AvgIpc) is 1.89. The predicted octanol–water partition coefficient (Wildman–Crippen LogP) is 0.643. The minimum atomic E-state index is -0.236. The van der Waals surface area contributed by atoms with Crippen molar-refractivity contribution in [2.45, 2.75) is 0 Å². The molecule has 1 rings (SSSR count). The Morgan fingerprint density at radius 1 is 1.67 bits per heavy atom. The fourth-order valence-corrected chi connectivity index (χ4v) is 0.511. The Kier molecular flexibility index (Phi) is 1.53. The number of ether oxygens (including phenoxy) is 1. The maximum absolute atomic E-state index is 10.6. The van der Waals surface area contributed by atoms with Gasteiger partial charge in [0.25, 0.3) is 0 Å². The van der Waals surface area contributed by atoms with Crippen LogP contribution in [0.1, 0.15) is 0 Å². The molecule has 0 aliphatic heterocycles. The molecular weight excluding hydrogens is 120 g/mol. The highest BCUT2D eigenvalue weighted by molar-refractivity contribution is 5.32. The summed E-state index contributed by atoms with van der Waals surface area (Å²) in [4.78, 5) is 0. The topological polar surface area (TPSA) is 43.6 Å². The minimum absolute atomic E-state index is 0.236. The summed E-state index contributed by atoms with van der Waals surface area (Å²) in [6, 6.07) is 1.47. The standard InChI is InChI=1S/C6H6O3/c1-8-6-2-3-9-4-5(6)7/h2-4H,1H3. The van der Waals surface area contributed by atoms with Crippen LogP contribution >= 0.6 is 0 Å². The smallest absolute Gasteiger partial charge is 0.321 e. The second-order valence-electron chi connectivity index (χ2n) is 1.49. The van der Waals surface area contributed by atoms with Gasteiger partial charge in [-0.15, -0.1) is 0 Å². The summed E-state index contributed by atoms with van der Waals surface area (Å²) in [7, 11) is 1.44. The van der Waals surface area contributed by atoms with Gasteiger partial charge in [0.15, 0.2) is 0 Å². The third-order valence-corrected chi connectivity index (χ3v) is 0.936. The summed E-state index contributed by atoms with van der Waals surface area (Å²) in [5.74, 6) is 0.0706. The largest absolute Gasteiger partial charge is 0.864 e. The van der Waals surface area contributed by atoms with E-state index in [0.29, 0.717) is 5.75 Å². The van der Waals surface area contributed by atoms with Crippen molar-refractivity contribution in [1.29, 1.82) is 0 Å². The molecule has 0 aliphatic rings. The van der Waals surface area contributed by atoms with Crippen LogP contribution in [0.15, 0.2) is 23.0 Å². The SMILES string of the molecule is COc1cc[o+]cc1[O-]. The van der Waals surface area contributed by atoms with Crippen molar-refractivity contribution in [3.63, 3.8) is 0 Å². The molecule has 3 heteroatoms. The molecule has 0 atom stereocenters. The maximum Gasteiger partial charge on any atom is 0.321 e. The second-order valence-corrected chi connectivity index (χ2v) is 1.49. The molecule has 0 radical (unpaired) electrons. The average molecular weight is 126 g/mol. The van der Waals surface area contributed by atoms with E-state index in [9.17, 15) is 5.11 Å². The van der Waals surface area contributed by atoms with E-state index in [2.05, 4.69) is 9.15 Å². The van der Waals surface area contributed by atoms with Gasteiger partial charge in [0.1, 0.15) is 5.75 Å². The molecule has 0 aromatic carbocycles. The molecule has 3 nitrogen and oxygen atoms in total. The summed E-state index contributed by atoms with van der Waals surface area (Å²) in [5.41, 5.74) is 0. The number of hydrogen-bond donors (Lipinski definition) is 0. The molecule has 0 aliphatic carbocycles. The Balaban J connectivity index is 3.01. The lowest BCUT2D eigenvalue weighted by Crippen LogP contribution is -1.93. The Morgan fingerprint density at radius 3 is 2.89 bits per heavy atom. The molecule has 0 bridgehead atoms. The van der Waals surface area contributed by atoms with Gasteiger partial charge in [-0.25, -0.2) is 4.42 Å². The monoisotopic (exact) mass is 126 g/mol. The lowest BCUT2D eigenvalue weighted by molar-refractivity contribution is -0.271. The first-order valence-electron chi connectivity index (χ1n) is 2.45. The summed E-state index contributed by atoms with van der Waals surface area (Å²) < 4.78 is 9.23. The predicted molar refractivity (Wildman–Crippen MR) is 29.1 cm³/mol. The van der Waals surface area contributed by atoms with E-state index in [1.165, 1.54) is 19.4 Å². The highest BCUT2D eigenvalue weighted by atomic mass is 16.5. The van der Waals surface area contributed by atoms with E-state index in [4.69, 9.17) is 0 Å². The van der Waals surface area contributed by atoms with Crippen LogP contribution in [0.2, 0.25) is 0 Å². The van der Waals surface area contributed by atoms with E-state index in [1.54, 1.807) is 0 Å². The molecule has 1 aromatic heterocycles. The highest BCUT2D eigenvalue weighted by Crippen LogP contribution is 2.19. The van der Waals surface area contributed by atoms with Crippen molar-refractivity contribution in [3.8, 4) is 11.5 Å². The van der Waals surface area contributed by atoms with Crippen LogP contribution in [0.3, 0.4) is 0 Å².